The summed E-state index contributed by atoms with van der Waals surface area (Å²) in [6, 6.07) is 44.2. The zero-order valence-corrected chi connectivity index (χ0v) is 53.5. The molecule has 0 unspecified atom stereocenters. The number of nitrogens with two attached hydrogens (primary N) is 1. The van der Waals surface area contributed by atoms with Crippen LogP contribution >= 0.6 is 11.6 Å². The molecule has 2 aliphatic heterocycles. The van der Waals surface area contributed by atoms with Gasteiger partial charge in [-0.05, 0) is 149 Å². The molecule has 19 heteroatoms. The van der Waals surface area contributed by atoms with Crippen LogP contribution in [0.5, 0.6) is 0 Å². The minimum atomic E-state index is -0.646. The van der Waals surface area contributed by atoms with E-state index in [1.165, 1.54) is 13.8 Å². The molecule has 10 rings (SSSR count). The van der Waals surface area contributed by atoms with Crippen molar-refractivity contribution in [1.29, 1.82) is 0 Å². The normalized spacial score (nSPS) is 15.9. The number of alkyl carbamates (subject to hydrolysis) is 2. The molecule has 2 saturated heterocycles. The van der Waals surface area contributed by atoms with Crippen molar-refractivity contribution >= 4 is 90.4 Å². The Morgan fingerprint density at radius 1 is 0.573 bits per heavy atom. The fraction of sp³-hybridized carbons (Fsp3) is 0.429. The molecule has 18 nitrogen and oxygen atoms in total. The van der Waals surface area contributed by atoms with Crippen molar-refractivity contribution < 1.29 is 38.2 Å². The number of carbonyl (C=O) groups excluding carboxylic acids is 6. The number of rotatable bonds is 17. The van der Waals surface area contributed by atoms with Gasteiger partial charge in [0.1, 0.15) is 22.9 Å². The van der Waals surface area contributed by atoms with Crippen LogP contribution in [0.2, 0.25) is 0 Å². The second kappa shape index (κ2) is 30.7. The Hall–Kier alpha value is -8.35. The molecule has 89 heavy (non-hydrogen) atoms. The fourth-order valence-corrected chi connectivity index (χ4v) is 11.9. The van der Waals surface area contributed by atoms with Gasteiger partial charge in [0.15, 0.2) is 0 Å². The van der Waals surface area contributed by atoms with Crippen molar-refractivity contribution in [1.82, 2.24) is 44.9 Å². The predicted molar refractivity (Wildman–Crippen MR) is 352 cm³/mol. The molecule has 0 aliphatic carbocycles. The third-order valence-corrected chi connectivity index (χ3v) is 15.6. The van der Waals surface area contributed by atoms with Crippen LogP contribution in [0.25, 0.3) is 43.6 Å². The molecular weight excluding hydrogens is 1140 g/mol. The van der Waals surface area contributed by atoms with Gasteiger partial charge in [-0.3, -0.25) is 19.2 Å². The van der Waals surface area contributed by atoms with Gasteiger partial charge in [0.05, 0.1) is 22.1 Å². The van der Waals surface area contributed by atoms with Gasteiger partial charge in [0.2, 0.25) is 23.0 Å². The lowest BCUT2D eigenvalue weighted by Crippen LogP contribution is -2.46. The summed E-state index contributed by atoms with van der Waals surface area (Å²) < 4.78 is 15.5. The number of fused-ring (bicyclic) bond motifs is 4. The Kier molecular flexibility index (Phi) is 23.0. The lowest BCUT2D eigenvalue weighted by Gasteiger charge is -2.34. The molecule has 472 valence electrons. The molecule has 2 aliphatic rings. The van der Waals surface area contributed by atoms with Crippen molar-refractivity contribution in [2.24, 2.45) is 5.73 Å². The number of nitrogens with one attached hydrogen (secondary N) is 3. The first-order valence-electron chi connectivity index (χ1n) is 31.0. The zero-order valence-electron chi connectivity index (χ0n) is 52.7. The molecular formula is C70H87ClN10O8. The number of likely N-dealkylation sites (tertiary alicyclic amines) is 2. The van der Waals surface area contributed by atoms with Crippen molar-refractivity contribution in [3.8, 4) is 0 Å². The molecule has 2 fully saturated rings. The smallest absolute Gasteiger partial charge is 0.407 e. The highest BCUT2D eigenvalue weighted by Crippen LogP contribution is 2.32. The van der Waals surface area contributed by atoms with E-state index in [1.54, 1.807) is 0 Å². The largest absolute Gasteiger partial charge is 0.444 e. The predicted octanol–water partition coefficient (Wildman–Crippen LogP) is 11.7. The Morgan fingerprint density at radius 2 is 0.966 bits per heavy atom. The number of hydrogen-bond donors (Lipinski definition) is 4. The summed E-state index contributed by atoms with van der Waals surface area (Å²) in [5.74, 6) is 2.08. The maximum atomic E-state index is 13.8. The summed E-state index contributed by atoms with van der Waals surface area (Å²) >= 11 is 4.64. The van der Waals surface area contributed by atoms with Crippen LogP contribution in [0.4, 0.5) is 9.59 Å². The number of halogens is 1. The van der Waals surface area contributed by atoms with Crippen LogP contribution in [0, 0.1) is 0 Å². The number of carbonyl (C=O) groups is 6. The number of nitrogens with zero attached hydrogens (tertiary/aromatic N) is 6. The number of ether oxygens (including phenoxy) is 2. The summed E-state index contributed by atoms with van der Waals surface area (Å²) in [6.07, 6.45) is 4.00. The number of imidazole rings is 2. The molecule has 6 aromatic carbocycles. The van der Waals surface area contributed by atoms with Crippen LogP contribution in [0.1, 0.15) is 129 Å². The van der Waals surface area contributed by atoms with Gasteiger partial charge in [-0.15, -0.1) is 0 Å². The first kappa shape index (κ1) is 66.6. The highest BCUT2D eigenvalue weighted by molar-refractivity contribution is 6.62. The standard InChI is InChI=1S/C35H43N5O4.C33H41N5O3.C2H3ClO/c1-24(41)36-17-19-40-31-14-8-7-13-30(31)38-33(40)28-12-9-18-39(23-28)32(42)22-29(37-34(43)44-35(2,3)4)21-25-15-16-26-10-5-6-11-27(26)20-25;1-33(2,3)41-32(40)35-27(20-23-14-15-24-9-4-5-10-25(24)19-23)21-30(39)37-17-8-11-26(22-37)31-36-28-12-6-7-13-29(28)38(31)18-16-34;1-2(3)4/h5-8,10-11,13-16,20,28-29H,9,12,17-19,21-23H2,1-4H3,(H,36,41)(H,37,43);4-7,9-10,12-15,19,26-27H,8,11,16-18,20-22,34H2,1-3H3,(H,35,40);1H3/t28-,29-;26-,27-;/m11./s1. The minimum Gasteiger partial charge on any atom is -0.444 e. The number of amides is 5. The number of hydrogen-bond acceptors (Lipinski definition) is 11. The molecule has 8 aromatic rings. The minimum absolute atomic E-state index is 0.00236. The van der Waals surface area contributed by atoms with Crippen LogP contribution in [0.3, 0.4) is 0 Å². The Bertz CT molecular complexity index is 3750. The Balaban J connectivity index is 0.000000218. The van der Waals surface area contributed by atoms with E-state index >= 15 is 0 Å². The molecule has 5 N–H and O–H groups in total. The third-order valence-electron chi connectivity index (χ3n) is 15.6. The number of benzene rings is 6. The van der Waals surface area contributed by atoms with Gasteiger partial charge < -0.3 is 50.1 Å². The van der Waals surface area contributed by atoms with E-state index in [2.05, 4.69) is 103 Å². The maximum absolute atomic E-state index is 13.8. The van der Waals surface area contributed by atoms with Crippen LogP contribution in [-0.4, -0.2) is 127 Å². The topological polar surface area (TPSA) is 225 Å². The van der Waals surface area contributed by atoms with Crippen LogP contribution in [0.15, 0.2) is 133 Å². The Morgan fingerprint density at radius 3 is 1.37 bits per heavy atom. The average molecular weight is 1230 g/mol. The summed E-state index contributed by atoms with van der Waals surface area (Å²) in [4.78, 5) is 87.7. The number of aromatic nitrogens is 4. The SMILES string of the molecule is CC(=O)Cl.CC(=O)NCCn1c([C@@H]2CCCN(C(=O)C[C@@H](Cc3ccc4ccccc4c3)NC(=O)OC(C)(C)C)C2)nc2ccccc21.CC(C)(C)OC(=O)N[C@@H](CC(=O)N1CCC[C@@H](c2nc3ccccc3n2CCN)C1)Cc1ccc2ccccc2c1. The Labute approximate surface area is 527 Å². The van der Waals surface area contributed by atoms with Gasteiger partial charge in [0.25, 0.3) is 0 Å². The highest BCUT2D eigenvalue weighted by atomic mass is 35.5. The van der Waals surface area contributed by atoms with Crippen molar-refractivity contribution in [3.63, 3.8) is 0 Å². The summed E-state index contributed by atoms with van der Waals surface area (Å²) in [5, 5.41) is 13.0. The molecule has 0 radical (unpaired) electrons. The van der Waals surface area contributed by atoms with E-state index < -0.39 is 35.5 Å². The van der Waals surface area contributed by atoms with E-state index in [4.69, 9.17) is 25.2 Å². The first-order valence-corrected chi connectivity index (χ1v) is 31.4. The number of para-hydroxylation sites is 4. The summed E-state index contributed by atoms with van der Waals surface area (Å²) in [5.41, 5.74) is 10.7. The maximum Gasteiger partial charge on any atom is 0.407 e. The van der Waals surface area contributed by atoms with Crippen molar-refractivity contribution in [2.75, 3.05) is 39.3 Å². The zero-order chi connectivity index (χ0) is 63.8. The van der Waals surface area contributed by atoms with E-state index in [0.717, 1.165) is 92.1 Å². The number of piperidine rings is 2. The average Bonchev–Trinajstić information content (AvgIpc) is 2.37. The summed E-state index contributed by atoms with van der Waals surface area (Å²) in [6.45, 7) is 18.6. The first-order chi connectivity index (χ1) is 42.5. The van der Waals surface area contributed by atoms with E-state index in [9.17, 15) is 28.8 Å². The summed E-state index contributed by atoms with van der Waals surface area (Å²) in [7, 11) is 0. The van der Waals surface area contributed by atoms with Gasteiger partial charge >= 0.3 is 12.2 Å². The van der Waals surface area contributed by atoms with Crippen molar-refractivity contribution in [3.05, 3.63) is 156 Å². The molecule has 4 heterocycles. The van der Waals surface area contributed by atoms with Gasteiger partial charge in [-0.2, -0.15) is 0 Å². The fourth-order valence-electron chi connectivity index (χ4n) is 11.9. The molecule has 0 bridgehead atoms. The molecule has 0 saturated carbocycles. The third kappa shape index (κ3) is 19.6. The van der Waals surface area contributed by atoms with E-state index in [0.29, 0.717) is 65.2 Å². The molecule has 0 spiro atoms. The van der Waals surface area contributed by atoms with Gasteiger partial charge in [-0.1, -0.05) is 109 Å². The second-order valence-electron chi connectivity index (χ2n) is 25.2. The van der Waals surface area contributed by atoms with Crippen molar-refractivity contribution in [2.45, 2.75) is 155 Å². The van der Waals surface area contributed by atoms with Crippen LogP contribution < -0.4 is 21.7 Å². The lowest BCUT2D eigenvalue weighted by molar-refractivity contribution is -0.133. The second-order valence-corrected chi connectivity index (χ2v) is 25.7. The van der Waals surface area contributed by atoms with Gasteiger partial charge in [0, 0.05) is 103 Å². The lowest BCUT2D eigenvalue weighted by atomic mass is 9.95. The molecule has 2 aromatic heterocycles. The molecule has 5 amide bonds. The van der Waals surface area contributed by atoms with Gasteiger partial charge in [-0.25, -0.2) is 19.6 Å². The molecule has 4 atom stereocenters. The van der Waals surface area contributed by atoms with E-state index in [-0.39, 0.29) is 47.6 Å². The highest BCUT2D eigenvalue weighted by Gasteiger charge is 2.33. The van der Waals surface area contributed by atoms with Crippen LogP contribution in [-0.2, 0) is 54.6 Å². The van der Waals surface area contributed by atoms with E-state index in [1.807, 2.05) is 118 Å². The quantitative estimate of drug-likeness (QED) is 0.0627. The monoisotopic (exact) mass is 1230 g/mol.